The smallest absolute Gasteiger partial charge is 0.328 e. The summed E-state index contributed by atoms with van der Waals surface area (Å²) >= 11 is 0. The van der Waals surface area contributed by atoms with Gasteiger partial charge in [0.15, 0.2) is 5.78 Å². The molecule has 74 valence electrons. The highest BCUT2D eigenvalue weighted by Crippen LogP contribution is 2.26. The summed E-state index contributed by atoms with van der Waals surface area (Å²) in [5, 5.41) is 8.33. The molecule has 0 aliphatic carbocycles. The molecule has 0 saturated carbocycles. The van der Waals surface area contributed by atoms with Crippen LogP contribution in [0.1, 0.15) is 33.6 Å². The molecular formula is C10H16O3. The minimum atomic E-state index is -1.08. The standard InChI is InChI=1S/C10H16O3/c1-4-10(3,5-2)8(11)6-7-9(12)13/h6-7H,4-5H2,1-3H3,(H,12,13). The summed E-state index contributed by atoms with van der Waals surface area (Å²) in [4.78, 5) is 21.6. The number of allylic oxidation sites excluding steroid dienone is 1. The number of carboxylic acids is 1. The first-order valence-electron chi connectivity index (χ1n) is 4.41. The van der Waals surface area contributed by atoms with Crippen molar-refractivity contribution in [3.63, 3.8) is 0 Å². The molecule has 0 aromatic carbocycles. The molecule has 0 aromatic rings. The lowest BCUT2D eigenvalue weighted by molar-refractivity contribution is -0.132. The van der Waals surface area contributed by atoms with Gasteiger partial charge in [-0.25, -0.2) is 4.79 Å². The second-order valence-electron chi connectivity index (χ2n) is 3.30. The molecule has 0 bridgehead atoms. The van der Waals surface area contributed by atoms with Gasteiger partial charge in [-0.3, -0.25) is 4.79 Å². The van der Waals surface area contributed by atoms with Gasteiger partial charge in [-0.1, -0.05) is 20.8 Å². The summed E-state index contributed by atoms with van der Waals surface area (Å²) < 4.78 is 0. The van der Waals surface area contributed by atoms with E-state index in [1.807, 2.05) is 20.8 Å². The van der Waals surface area contributed by atoms with E-state index in [-0.39, 0.29) is 5.78 Å². The molecule has 0 heterocycles. The van der Waals surface area contributed by atoms with Crippen LogP contribution in [0.25, 0.3) is 0 Å². The van der Waals surface area contributed by atoms with Crippen molar-refractivity contribution in [2.24, 2.45) is 5.41 Å². The second kappa shape index (κ2) is 4.80. The quantitative estimate of drug-likeness (QED) is 0.665. The molecule has 0 aliphatic rings. The molecule has 3 heteroatoms. The number of hydrogen-bond donors (Lipinski definition) is 1. The van der Waals surface area contributed by atoms with Crippen molar-refractivity contribution in [2.75, 3.05) is 0 Å². The van der Waals surface area contributed by atoms with E-state index in [1.165, 1.54) is 0 Å². The average molecular weight is 184 g/mol. The lowest BCUT2D eigenvalue weighted by Gasteiger charge is -2.22. The number of carbonyl (C=O) groups is 2. The molecule has 0 rings (SSSR count). The summed E-state index contributed by atoms with van der Waals surface area (Å²) in [5.74, 6) is -1.19. The molecule has 1 N–H and O–H groups in total. The fourth-order valence-electron chi connectivity index (χ4n) is 0.947. The Morgan fingerprint density at radius 3 is 2.00 bits per heavy atom. The Bertz CT molecular complexity index is 224. The van der Waals surface area contributed by atoms with E-state index < -0.39 is 11.4 Å². The highest BCUT2D eigenvalue weighted by atomic mass is 16.4. The van der Waals surface area contributed by atoms with Crippen LogP contribution in [0.5, 0.6) is 0 Å². The topological polar surface area (TPSA) is 54.4 Å². The second-order valence-corrected chi connectivity index (χ2v) is 3.30. The van der Waals surface area contributed by atoms with E-state index in [2.05, 4.69) is 0 Å². The van der Waals surface area contributed by atoms with Crippen LogP contribution < -0.4 is 0 Å². The Balaban J connectivity index is 4.49. The van der Waals surface area contributed by atoms with Crippen LogP contribution in [0, 0.1) is 5.41 Å². The molecule has 3 nitrogen and oxygen atoms in total. The van der Waals surface area contributed by atoms with Gasteiger partial charge in [-0.15, -0.1) is 0 Å². The monoisotopic (exact) mass is 184 g/mol. The summed E-state index contributed by atoms with van der Waals surface area (Å²) in [6, 6.07) is 0. The molecule has 0 unspecified atom stereocenters. The number of carbonyl (C=O) groups excluding carboxylic acids is 1. The molecule has 0 amide bonds. The van der Waals surface area contributed by atoms with Crippen LogP contribution in [0.2, 0.25) is 0 Å². The number of carboxylic acid groups (broad SMARTS) is 1. The van der Waals surface area contributed by atoms with Gasteiger partial charge >= 0.3 is 5.97 Å². The van der Waals surface area contributed by atoms with Crippen LogP contribution in [0.4, 0.5) is 0 Å². The van der Waals surface area contributed by atoms with E-state index in [1.54, 1.807) is 0 Å². The van der Waals surface area contributed by atoms with E-state index in [0.717, 1.165) is 25.0 Å². The molecular weight excluding hydrogens is 168 g/mol. The summed E-state index contributed by atoms with van der Waals surface area (Å²) in [6.07, 6.45) is 3.50. The normalized spacial score (nSPS) is 11.9. The first kappa shape index (κ1) is 11.9. The van der Waals surface area contributed by atoms with Crippen molar-refractivity contribution in [3.8, 4) is 0 Å². The molecule has 13 heavy (non-hydrogen) atoms. The van der Waals surface area contributed by atoms with Gasteiger partial charge in [-0.2, -0.15) is 0 Å². The summed E-state index contributed by atoms with van der Waals surface area (Å²) in [5.41, 5.74) is -0.411. The Kier molecular flexibility index (Phi) is 4.38. The van der Waals surface area contributed by atoms with Gasteiger partial charge in [0.05, 0.1) is 0 Å². The van der Waals surface area contributed by atoms with Crippen molar-refractivity contribution >= 4 is 11.8 Å². The van der Waals surface area contributed by atoms with Crippen LogP contribution >= 0.6 is 0 Å². The number of hydrogen-bond acceptors (Lipinski definition) is 2. The molecule has 0 aromatic heterocycles. The van der Waals surface area contributed by atoms with Crippen molar-refractivity contribution in [2.45, 2.75) is 33.6 Å². The van der Waals surface area contributed by atoms with Gasteiger partial charge in [0.2, 0.25) is 0 Å². The minimum absolute atomic E-state index is 0.111. The van der Waals surface area contributed by atoms with Gasteiger partial charge in [-0.05, 0) is 18.9 Å². The molecule has 0 radical (unpaired) electrons. The summed E-state index contributed by atoms with van der Waals surface area (Å²) in [6.45, 7) is 5.70. The molecule has 0 spiro atoms. The third-order valence-corrected chi connectivity index (χ3v) is 2.53. The molecule has 0 fully saturated rings. The van der Waals surface area contributed by atoms with E-state index in [0.29, 0.717) is 0 Å². The maximum Gasteiger partial charge on any atom is 0.328 e. The molecule has 0 aliphatic heterocycles. The SMILES string of the molecule is CCC(C)(CC)C(=O)C=CC(=O)O. The third-order valence-electron chi connectivity index (χ3n) is 2.53. The van der Waals surface area contributed by atoms with Gasteiger partial charge in [0.1, 0.15) is 0 Å². The Hall–Kier alpha value is -1.12. The average Bonchev–Trinajstić information content (AvgIpc) is 2.12. The van der Waals surface area contributed by atoms with E-state index in [4.69, 9.17) is 5.11 Å². The molecule has 0 atom stereocenters. The minimum Gasteiger partial charge on any atom is -0.478 e. The number of rotatable bonds is 5. The molecule has 0 saturated heterocycles. The maximum absolute atomic E-state index is 11.5. The first-order valence-corrected chi connectivity index (χ1v) is 4.41. The third kappa shape index (κ3) is 3.40. The Morgan fingerprint density at radius 1 is 1.23 bits per heavy atom. The zero-order valence-electron chi connectivity index (χ0n) is 8.33. The van der Waals surface area contributed by atoms with Crippen molar-refractivity contribution in [1.29, 1.82) is 0 Å². The van der Waals surface area contributed by atoms with Crippen LogP contribution in [0.3, 0.4) is 0 Å². The maximum atomic E-state index is 11.5. The largest absolute Gasteiger partial charge is 0.478 e. The summed E-state index contributed by atoms with van der Waals surface area (Å²) in [7, 11) is 0. The van der Waals surface area contributed by atoms with Crippen LogP contribution in [-0.2, 0) is 9.59 Å². The Labute approximate surface area is 78.5 Å². The zero-order chi connectivity index (χ0) is 10.5. The van der Waals surface area contributed by atoms with Gasteiger partial charge < -0.3 is 5.11 Å². The van der Waals surface area contributed by atoms with Crippen molar-refractivity contribution < 1.29 is 14.7 Å². The van der Waals surface area contributed by atoms with Crippen LogP contribution in [0.15, 0.2) is 12.2 Å². The number of ketones is 1. The predicted molar refractivity (Wildman–Crippen MR) is 50.5 cm³/mol. The lowest BCUT2D eigenvalue weighted by atomic mass is 9.80. The van der Waals surface area contributed by atoms with E-state index >= 15 is 0 Å². The fraction of sp³-hybridized carbons (Fsp3) is 0.600. The van der Waals surface area contributed by atoms with Crippen LogP contribution in [-0.4, -0.2) is 16.9 Å². The van der Waals surface area contributed by atoms with Gasteiger partial charge in [0.25, 0.3) is 0 Å². The zero-order valence-corrected chi connectivity index (χ0v) is 8.33. The highest BCUT2D eigenvalue weighted by Gasteiger charge is 2.26. The van der Waals surface area contributed by atoms with E-state index in [9.17, 15) is 9.59 Å². The van der Waals surface area contributed by atoms with Gasteiger partial charge in [0, 0.05) is 11.5 Å². The van der Waals surface area contributed by atoms with Crippen molar-refractivity contribution in [3.05, 3.63) is 12.2 Å². The predicted octanol–water partition coefficient (Wildman–Crippen LogP) is 2.02. The highest BCUT2D eigenvalue weighted by molar-refractivity contribution is 5.98. The van der Waals surface area contributed by atoms with Crippen molar-refractivity contribution in [1.82, 2.24) is 0 Å². The number of aliphatic carboxylic acids is 1. The Morgan fingerprint density at radius 2 is 1.69 bits per heavy atom. The fourth-order valence-corrected chi connectivity index (χ4v) is 0.947. The first-order chi connectivity index (χ1) is 5.96. The lowest BCUT2D eigenvalue weighted by Crippen LogP contribution is -2.24.